The van der Waals surface area contributed by atoms with Gasteiger partial charge in [0.2, 0.25) is 0 Å². The molecule has 0 radical (unpaired) electrons. The lowest BCUT2D eigenvalue weighted by atomic mass is 10.2. The number of anilines is 3. The molecule has 0 saturated carbocycles. The average molecular weight is 795 g/mol. The fourth-order valence-electron chi connectivity index (χ4n) is 3.58. The largest absolute Gasteiger partial charge is 0.375 e. The Morgan fingerprint density at radius 2 is 1.00 bits per heavy atom. The number of benzene rings is 4. The van der Waals surface area contributed by atoms with Crippen LogP contribution in [0.5, 0.6) is 0 Å². The minimum absolute atomic E-state index is 0.138. The molecule has 0 atom stereocenters. The molecule has 254 valence electrons. The minimum Gasteiger partial charge on any atom is -0.375 e. The summed E-state index contributed by atoms with van der Waals surface area (Å²) < 4.78 is 64.6. The third-order valence-corrected chi connectivity index (χ3v) is 6.45. The Labute approximate surface area is 294 Å². The molecule has 0 N–H and O–H groups in total. The molecule has 5 nitrogen and oxygen atoms in total. The van der Waals surface area contributed by atoms with Crippen molar-refractivity contribution in [1.29, 1.82) is 0 Å². The van der Waals surface area contributed by atoms with Crippen LogP contribution in [0.3, 0.4) is 0 Å². The Morgan fingerprint density at radius 3 is 1.44 bits per heavy atom. The van der Waals surface area contributed by atoms with Gasteiger partial charge in [-0.15, -0.1) is 6.42 Å². The molecule has 4 aromatic carbocycles. The number of aldehydes is 2. The van der Waals surface area contributed by atoms with Gasteiger partial charge in [-0.1, -0.05) is 12.0 Å². The van der Waals surface area contributed by atoms with Crippen molar-refractivity contribution >= 4 is 67.6 Å². The van der Waals surface area contributed by atoms with E-state index < -0.39 is 11.6 Å². The van der Waals surface area contributed by atoms with Gasteiger partial charge in [-0.25, -0.2) is 22.0 Å². The van der Waals surface area contributed by atoms with E-state index in [4.69, 9.17) is 6.42 Å². The van der Waals surface area contributed by atoms with E-state index in [-0.39, 0.29) is 23.0 Å². The van der Waals surface area contributed by atoms with Crippen LogP contribution in [0.15, 0.2) is 76.2 Å². The number of carbonyl (C=O) groups is 2. The van der Waals surface area contributed by atoms with E-state index in [1.54, 1.807) is 79.3 Å². The van der Waals surface area contributed by atoms with Crippen molar-refractivity contribution in [3.05, 3.63) is 128 Å². The molecule has 4 rings (SSSR count). The molecular formula is C36H34Br2F5N3O2. The van der Waals surface area contributed by atoms with E-state index in [0.717, 1.165) is 21.1 Å². The Hall–Kier alpha value is -4.47. The third-order valence-electron chi connectivity index (χ3n) is 5.99. The Bertz CT molecular complexity index is 1750. The second kappa shape index (κ2) is 20.7. The van der Waals surface area contributed by atoms with Gasteiger partial charge in [0.1, 0.15) is 30.0 Å². The first-order valence-electron chi connectivity index (χ1n) is 13.8. The highest BCUT2D eigenvalue weighted by Gasteiger charge is 2.06. The highest BCUT2D eigenvalue weighted by atomic mass is 79.9. The van der Waals surface area contributed by atoms with Crippen LogP contribution in [-0.2, 0) is 0 Å². The average Bonchev–Trinajstić information content (AvgIpc) is 3.03. The number of hydrogen-bond acceptors (Lipinski definition) is 5. The molecule has 0 fully saturated rings. The zero-order chi connectivity index (χ0) is 36.6. The zero-order valence-electron chi connectivity index (χ0n) is 27.0. The summed E-state index contributed by atoms with van der Waals surface area (Å²) in [5, 5.41) is 0. The van der Waals surface area contributed by atoms with Crippen LogP contribution < -0.4 is 14.7 Å². The van der Waals surface area contributed by atoms with Crippen LogP contribution >= 0.6 is 31.9 Å². The predicted molar refractivity (Wildman–Crippen MR) is 193 cm³/mol. The van der Waals surface area contributed by atoms with Crippen molar-refractivity contribution < 1.29 is 31.5 Å². The lowest BCUT2D eigenvalue weighted by molar-refractivity contribution is 0.111. The maximum atomic E-state index is 13.3. The van der Waals surface area contributed by atoms with Gasteiger partial charge in [-0.2, -0.15) is 0 Å². The maximum absolute atomic E-state index is 13.3. The molecule has 0 bridgehead atoms. The van der Waals surface area contributed by atoms with E-state index in [9.17, 15) is 31.5 Å². The van der Waals surface area contributed by atoms with E-state index in [1.807, 2.05) is 20.2 Å². The van der Waals surface area contributed by atoms with E-state index >= 15 is 0 Å². The molecule has 0 amide bonds. The van der Waals surface area contributed by atoms with Crippen molar-refractivity contribution in [1.82, 2.24) is 0 Å². The van der Waals surface area contributed by atoms with Gasteiger partial charge in [-0.05, 0) is 110 Å². The van der Waals surface area contributed by atoms with Gasteiger partial charge >= 0.3 is 0 Å². The predicted octanol–water partition coefficient (Wildman–Crippen LogP) is 9.33. The lowest BCUT2D eigenvalue weighted by Crippen LogP contribution is -2.10. The quantitative estimate of drug-likeness (QED) is 0.111. The summed E-state index contributed by atoms with van der Waals surface area (Å²) in [6, 6.07) is 17.0. The van der Waals surface area contributed by atoms with Crippen molar-refractivity contribution in [3.8, 4) is 12.3 Å². The van der Waals surface area contributed by atoms with Crippen LogP contribution in [0.2, 0.25) is 0 Å². The SMILES string of the molecule is C#Cc1ccc(F)c(N(C)C)c1.CN(C)c1cc(C=C(Br)Br)ccc1F.CN(C)c1ccc(C=O)cc1F.O=Cc1ccc(F)c(F)c1. The molecule has 48 heavy (non-hydrogen) atoms. The van der Waals surface area contributed by atoms with Crippen molar-refractivity contribution in [2.45, 2.75) is 0 Å². The number of terminal acetylenes is 1. The summed E-state index contributed by atoms with van der Waals surface area (Å²) in [7, 11) is 10.7. The smallest absolute Gasteiger partial charge is 0.159 e. The van der Waals surface area contributed by atoms with E-state index in [0.29, 0.717) is 40.8 Å². The van der Waals surface area contributed by atoms with E-state index in [2.05, 4.69) is 37.8 Å². The van der Waals surface area contributed by atoms with Crippen LogP contribution in [0, 0.1) is 41.4 Å². The van der Waals surface area contributed by atoms with E-state index in [1.165, 1.54) is 24.3 Å². The fourth-order valence-corrected chi connectivity index (χ4v) is 4.11. The van der Waals surface area contributed by atoms with Gasteiger partial charge in [0.15, 0.2) is 11.6 Å². The molecule has 0 heterocycles. The number of carbonyl (C=O) groups excluding carboxylic acids is 2. The first-order chi connectivity index (χ1) is 22.5. The number of halogens is 7. The van der Waals surface area contributed by atoms with Crippen LogP contribution in [-0.4, -0.2) is 54.9 Å². The molecule has 12 heteroatoms. The topological polar surface area (TPSA) is 43.9 Å². The molecular weight excluding hydrogens is 761 g/mol. The number of nitrogens with zero attached hydrogens (tertiary/aromatic N) is 3. The normalized spacial score (nSPS) is 9.50. The highest BCUT2D eigenvalue weighted by molar-refractivity contribution is 9.28. The summed E-state index contributed by atoms with van der Waals surface area (Å²) in [6.45, 7) is 0. The van der Waals surface area contributed by atoms with Gasteiger partial charge in [0, 0.05) is 59.0 Å². The minimum atomic E-state index is -0.996. The zero-order valence-corrected chi connectivity index (χ0v) is 30.2. The van der Waals surface area contributed by atoms with Crippen molar-refractivity contribution in [2.75, 3.05) is 57.0 Å². The lowest BCUT2D eigenvalue weighted by Gasteiger charge is -2.13. The summed E-state index contributed by atoms with van der Waals surface area (Å²) >= 11 is 6.52. The first kappa shape index (κ1) is 41.6. The Kier molecular flexibility index (Phi) is 17.9. The fraction of sp³-hybridized carbons (Fsp3) is 0.167. The summed E-state index contributed by atoms with van der Waals surface area (Å²) in [5.74, 6) is -0.311. The van der Waals surface area contributed by atoms with Gasteiger partial charge in [-0.3, -0.25) is 9.59 Å². The maximum Gasteiger partial charge on any atom is 0.159 e. The molecule has 4 aromatic rings. The molecule has 0 aromatic heterocycles. The number of rotatable bonds is 6. The monoisotopic (exact) mass is 793 g/mol. The molecule has 0 aliphatic rings. The molecule has 0 unspecified atom stereocenters. The van der Waals surface area contributed by atoms with Crippen LogP contribution in [0.1, 0.15) is 31.8 Å². The van der Waals surface area contributed by atoms with Crippen LogP contribution in [0.25, 0.3) is 6.08 Å². The highest BCUT2D eigenvalue weighted by Crippen LogP contribution is 2.23. The van der Waals surface area contributed by atoms with Gasteiger partial charge < -0.3 is 14.7 Å². The van der Waals surface area contributed by atoms with Crippen LogP contribution in [0.4, 0.5) is 39.0 Å². The summed E-state index contributed by atoms with van der Waals surface area (Å²) in [4.78, 5) is 25.3. The molecule has 0 aliphatic heterocycles. The Balaban J connectivity index is 0.000000322. The summed E-state index contributed by atoms with van der Waals surface area (Å²) in [6.07, 6.45) is 8.13. The molecule has 0 saturated heterocycles. The molecule has 0 aliphatic carbocycles. The second-order valence-electron chi connectivity index (χ2n) is 10.3. The Morgan fingerprint density at radius 1 is 0.562 bits per heavy atom. The van der Waals surface area contributed by atoms with Crippen molar-refractivity contribution in [2.24, 2.45) is 0 Å². The third kappa shape index (κ3) is 14.1. The standard InChI is InChI=1S/C10H10Br2FN.C10H10FN.C9H10FNO.C7H4F2O/c1-14(2)9-5-7(6-10(11)12)3-4-8(9)13;1-4-8-5-6-9(11)10(7-8)12(2)3;1-11(2)9-4-3-7(6-12)5-8(9)10;8-6-2-1-5(4-10)3-7(6)9/h3-6H,1-2H3;1,5-7H,2-3H3;3-6H,1-2H3;1-4H. The second-order valence-corrected chi connectivity index (χ2v) is 13.0. The van der Waals surface area contributed by atoms with Gasteiger partial charge in [0.25, 0.3) is 0 Å². The molecule has 0 spiro atoms. The first-order valence-corrected chi connectivity index (χ1v) is 15.4. The van der Waals surface area contributed by atoms with Crippen molar-refractivity contribution in [3.63, 3.8) is 0 Å². The summed E-state index contributed by atoms with van der Waals surface area (Å²) in [5.41, 5.74) is 3.72. The van der Waals surface area contributed by atoms with Gasteiger partial charge in [0.05, 0.1) is 20.5 Å². The number of hydrogen-bond donors (Lipinski definition) is 0.